The quantitative estimate of drug-likeness (QED) is 0.648. The second-order valence-electron chi connectivity index (χ2n) is 7.89. The van der Waals surface area contributed by atoms with Gasteiger partial charge in [0.05, 0.1) is 12.2 Å². The third kappa shape index (κ3) is 3.31. The highest BCUT2D eigenvalue weighted by Gasteiger charge is 2.32. The van der Waals surface area contributed by atoms with E-state index in [1.165, 1.54) is 11.6 Å². The Hall–Kier alpha value is -3.08. The van der Waals surface area contributed by atoms with E-state index in [-0.39, 0.29) is 17.6 Å². The molecule has 1 aromatic heterocycles. The van der Waals surface area contributed by atoms with Crippen molar-refractivity contribution in [1.29, 1.82) is 0 Å². The van der Waals surface area contributed by atoms with Crippen LogP contribution in [0.5, 0.6) is 0 Å². The fraction of sp³-hybridized carbons (Fsp3) is 0.292. The highest BCUT2D eigenvalue weighted by molar-refractivity contribution is 5.96. The van der Waals surface area contributed by atoms with Crippen molar-refractivity contribution >= 4 is 17.3 Å². The molecule has 1 fully saturated rings. The summed E-state index contributed by atoms with van der Waals surface area (Å²) in [6, 6.07) is 19.2. The minimum absolute atomic E-state index is 0.0346. The topological polar surface area (TPSA) is 28.5 Å². The van der Waals surface area contributed by atoms with Gasteiger partial charge in [-0.05, 0) is 48.7 Å². The van der Waals surface area contributed by atoms with Gasteiger partial charge >= 0.3 is 0 Å². The second kappa shape index (κ2) is 7.39. The minimum atomic E-state index is -0.195. The van der Waals surface area contributed by atoms with Gasteiger partial charge in [0.2, 0.25) is 5.91 Å². The van der Waals surface area contributed by atoms with E-state index in [2.05, 4.69) is 27.8 Å². The van der Waals surface area contributed by atoms with Crippen molar-refractivity contribution in [3.63, 3.8) is 0 Å². The summed E-state index contributed by atoms with van der Waals surface area (Å²) in [5.74, 6) is -0.0487. The van der Waals surface area contributed by atoms with Crippen LogP contribution in [0.25, 0.3) is 0 Å². The molecular formula is C24H24FN3O. The summed E-state index contributed by atoms with van der Waals surface area (Å²) in [6.07, 6.45) is 3.56. The van der Waals surface area contributed by atoms with Crippen LogP contribution >= 0.6 is 0 Å². The van der Waals surface area contributed by atoms with Crippen molar-refractivity contribution in [3.05, 3.63) is 83.9 Å². The van der Waals surface area contributed by atoms with Crippen LogP contribution in [0.1, 0.15) is 24.1 Å². The van der Waals surface area contributed by atoms with Gasteiger partial charge in [0.1, 0.15) is 5.82 Å². The average molecular weight is 389 g/mol. The summed E-state index contributed by atoms with van der Waals surface area (Å²) < 4.78 is 16.3. The average Bonchev–Trinajstić information content (AvgIpc) is 3.13. The van der Waals surface area contributed by atoms with Gasteiger partial charge < -0.3 is 14.4 Å². The summed E-state index contributed by atoms with van der Waals surface area (Å²) in [7, 11) is 0. The predicted molar refractivity (Wildman–Crippen MR) is 113 cm³/mol. The van der Waals surface area contributed by atoms with E-state index in [1.54, 1.807) is 6.07 Å². The number of amides is 1. The van der Waals surface area contributed by atoms with Gasteiger partial charge in [-0.15, -0.1) is 0 Å². The molecule has 2 aromatic carbocycles. The van der Waals surface area contributed by atoms with Gasteiger partial charge in [-0.25, -0.2) is 4.39 Å². The lowest BCUT2D eigenvalue weighted by molar-refractivity contribution is -0.123. The molecule has 4 nitrogen and oxygen atoms in total. The van der Waals surface area contributed by atoms with Crippen molar-refractivity contribution in [1.82, 2.24) is 4.57 Å². The van der Waals surface area contributed by atoms with Crippen LogP contribution in [0.15, 0.2) is 66.9 Å². The van der Waals surface area contributed by atoms with E-state index < -0.39 is 0 Å². The Bertz CT molecular complexity index is 1040. The molecule has 0 saturated carbocycles. The molecule has 29 heavy (non-hydrogen) atoms. The Labute approximate surface area is 170 Å². The van der Waals surface area contributed by atoms with Gasteiger partial charge in [0, 0.05) is 43.1 Å². The summed E-state index contributed by atoms with van der Waals surface area (Å²) in [5.41, 5.74) is 3.96. The highest BCUT2D eigenvalue weighted by Crippen LogP contribution is 2.32. The molecule has 3 aromatic rings. The molecular weight excluding hydrogens is 365 g/mol. The highest BCUT2D eigenvalue weighted by atomic mass is 19.1. The van der Waals surface area contributed by atoms with Gasteiger partial charge in [0.25, 0.3) is 0 Å². The molecule has 0 spiro atoms. The SMILES string of the molecule is O=C(C1CCN(c2ccccc2F)CC1)N1Cc2cccn2Cc2ccccc21. The van der Waals surface area contributed by atoms with Gasteiger partial charge in [0.15, 0.2) is 0 Å². The minimum Gasteiger partial charge on any atom is -0.369 e. The molecule has 148 valence electrons. The maximum atomic E-state index is 14.1. The zero-order valence-electron chi connectivity index (χ0n) is 16.3. The molecule has 2 aliphatic rings. The largest absolute Gasteiger partial charge is 0.369 e. The van der Waals surface area contributed by atoms with Crippen molar-refractivity contribution in [2.75, 3.05) is 22.9 Å². The summed E-state index contributed by atoms with van der Waals surface area (Å²) in [6.45, 7) is 2.77. The van der Waals surface area contributed by atoms with Crippen LogP contribution in [-0.4, -0.2) is 23.6 Å². The first kappa shape index (κ1) is 18.0. The number of aromatic nitrogens is 1. The molecule has 3 heterocycles. The molecule has 0 aliphatic carbocycles. The number of rotatable bonds is 2. The third-order valence-electron chi connectivity index (χ3n) is 6.17. The van der Waals surface area contributed by atoms with E-state index >= 15 is 0 Å². The summed E-state index contributed by atoms with van der Waals surface area (Å²) in [5, 5.41) is 0. The van der Waals surface area contributed by atoms with Crippen molar-refractivity contribution in [2.24, 2.45) is 5.92 Å². The van der Waals surface area contributed by atoms with Crippen LogP contribution in [0.2, 0.25) is 0 Å². The van der Waals surface area contributed by atoms with Crippen LogP contribution in [-0.2, 0) is 17.9 Å². The number of benzene rings is 2. The first-order chi connectivity index (χ1) is 14.2. The number of carbonyl (C=O) groups excluding carboxylic acids is 1. The smallest absolute Gasteiger partial charge is 0.230 e. The van der Waals surface area contributed by atoms with Crippen molar-refractivity contribution in [2.45, 2.75) is 25.9 Å². The Morgan fingerprint density at radius 1 is 0.862 bits per heavy atom. The number of hydrogen-bond donors (Lipinski definition) is 0. The first-order valence-electron chi connectivity index (χ1n) is 10.2. The van der Waals surface area contributed by atoms with Crippen LogP contribution in [0.4, 0.5) is 15.8 Å². The van der Waals surface area contributed by atoms with Gasteiger partial charge in [-0.1, -0.05) is 30.3 Å². The molecule has 0 N–H and O–H groups in total. The van der Waals surface area contributed by atoms with Crippen molar-refractivity contribution in [3.8, 4) is 0 Å². The molecule has 0 bridgehead atoms. The number of hydrogen-bond acceptors (Lipinski definition) is 2. The number of halogens is 1. The van der Waals surface area contributed by atoms with E-state index in [4.69, 9.17) is 0 Å². The molecule has 2 aliphatic heterocycles. The molecule has 0 unspecified atom stereocenters. The van der Waals surface area contributed by atoms with Crippen LogP contribution < -0.4 is 9.80 Å². The van der Waals surface area contributed by atoms with E-state index in [0.29, 0.717) is 25.3 Å². The monoisotopic (exact) mass is 389 g/mol. The standard InChI is InChI=1S/C24H24FN3O/c25-21-8-2-4-10-23(21)26-14-11-18(12-15-26)24(29)28-17-20-7-5-13-27(20)16-19-6-1-3-9-22(19)28/h1-10,13,18H,11-12,14-17H2. The predicted octanol–water partition coefficient (Wildman–Crippen LogP) is 4.44. The summed E-state index contributed by atoms with van der Waals surface area (Å²) in [4.78, 5) is 17.5. The zero-order chi connectivity index (χ0) is 19.8. The Balaban J connectivity index is 1.36. The van der Waals surface area contributed by atoms with Crippen LogP contribution in [0, 0.1) is 11.7 Å². The maximum Gasteiger partial charge on any atom is 0.230 e. The number of anilines is 2. The normalized spacial score (nSPS) is 16.9. The lowest BCUT2D eigenvalue weighted by Gasteiger charge is -2.35. The van der Waals surface area contributed by atoms with E-state index in [9.17, 15) is 9.18 Å². The Morgan fingerprint density at radius 3 is 2.38 bits per heavy atom. The molecule has 1 amide bonds. The fourth-order valence-corrected chi connectivity index (χ4v) is 4.58. The van der Waals surface area contributed by atoms with Crippen molar-refractivity contribution < 1.29 is 9.18 Å². The maximum absolute atomic E-state index is 14.1. The number of carbonyl (C=O) groups is 1. The molecule has 5 heteroatoms. The second-order valence-corrected chi connectivity index (χ2v) is 7.89. The Kier molecular flexibility index (Phi) is 4.58. The van der Waals surface area contributed by atoms with E-state index in [1.807, 2.05) is 41.3 Å². The summed E-state index contributed by atoms with van der Waals surface area (Å²) >= 11 is 0. The zero-order valence-corrected chi connectivity index (χ0v) is 16.3. The molecule has 0 radical (unpaired) electrons. The number of fused-ring (bicyclic) bond motifs is 2. The fourth-order valence-electron chi connectivity index (χ4n) is 4.58. The van der Waals surface area contributed by atoms with Crippen LogP contribution in [0.3, 0.4) is 0 Å². The number of para-hydroxylation sites is 2. The third-order valence-corrected chi connectivity index (χ3v) is 6.17. The lowest BCUT2D eigenvalue weighted by Crippen LogP contribution is -2.42. The lowest BCUT2D eigenvalue weighted by atomic mass is 9.94. The van der Waals surface area contributed by atoms with Gasteiger partial charge in [-0.2, -0.15) is 0 Å². The first-order valence-corrected chi connectivity index (χ1v) is 10.2. The van der Waals surface area contributed by atoms with Gasteiger partial charge in [-0.3, -0.25) is 4.79 Å². The molecule has 1 saturated heterocycles. The number of nitrogens with zero attached hydrogens (tertiary/aromatic N) is 3. The number of piperidine rings is 1. The molecule has 5 rings (SSSR count). The van der Waals surface area contributed by atoms with E-state index in [0.717, 1.165) is 30.8 Å². The Morgan fingerprint density at radius 2 is 1.59 bits per heavy atom. The molecule has 0 atom stereocenters.